The van der Waals surface area contributed by atoms with Gasteiger partial charge < -0.3 is 9.47 Å². The van der Waals surface area contributed by atoms with Crippen LogP contribution in [0.2, 0.25) is 0 Å². The zero-order valence-electron chi connectivity index (χ0n) is 13.0. The third-order valence-corrected chi connectivity index (χ3v) is 4.53. The fourth-order valence-electron chi connectivity index (χ4n) is 3.43. The summed E-state index contributed by atoms with van der Waals surface area (Å²) in [5.74, 6) is -2.62. The SMILES string of the molecule is CC(F)(F)CN1CCN(C(=O)c2ccn3c2CCCC3)CC1. The highest BCUT2D eigenvalue weighted by atomic mass is 19.3. The van der Waals surface area contributed by atoms with Crippen molar-refractivity contribution in [2.24, 2.45) is 0 Å². The fourth-order valence-corrected chi connectivity index (χ4v) is 3.43. The number of halogens is 2. The largest absolute Gasteiger partial charge is 0.351 e. The van der Waals surface area contributed by atoms with Gasteiger partial charge in [-0.25, -0.2) is 8.78 Å². The highest BCUT2D eigenvalue weighted by Gasteiger charge is 2.30. The first-order valence-electron chi connectivity index (χ1n) is 8.01. The van der Waals surface area contributed by atoms with Gasteiger partial charge in [0.25, 0.3) is 11.8 Å². The molecule has 0 unspecified atom stereocenters. The van der Waals surface area contributed by atoms with E-state index < -0.39 is 5.92 Å². The second-order valence-electron chi connectivity index (χ2n) is 6.47. The highest BCUT2D eigenvalue weighted by Crippen LogP contribution is 2.22. The molecule has 22 heavy (non-hydrogen) atoms. The number of rotatable bonds is 3. The smallest absolute Gasteiger partial charge is 0.257 e. The standard InChI is InChI=1S/C16H23F2N3O/c1-16(17,18)12-19-8-10-21(11-9-19)15(22)13-5-7-20-6-3-2-4-14(13)20/h5,7H,2-4,6,8-12H2,1H3. The lowest BCUT2D eigenvalue weighted by Gasteiger charge is -2.35. The Morgan fingerprint density at radius 2 is 1.91 bits per heavy atom. The molecule has 2 aliphatic rings. The van der Waals surface area contributed by atoms with Crippen molar-refractivity contribution >= 4 is 5.91 Å². The second kappa shape index (κ2) is 5.99. The average molecular weight is 311 g/mol. The van der Waals surface area contributed by atoms with E-state index in [0.717, 1.165) is 37.6 Å². The molecule has 122 valence electrons. The van der Waals surface area contributed by atoms with Crippen molar-refractivity contribution in [3.8, 4) is 0 Å². The van der Waals surface area contributed by atoms with Gasteiger partial charge in [-0.05, 0) is 25.3 Å². The summed E-state index contributed by atoms with van der Waals surface area (Å²) in [6.07, 6.45) is 5.24. The van der Waals surface area contributed by atoms with Crippen LogP contribution >= 0.6 is 0 Å². The lowest BCUT2D eigenvalue weighted by atomic mass is 10.1. The average Bonchev–Trinajstić information content (AvgIpc) is 2.89. The third kappa shape index (κ3) is 3.32. The molecule has 1 aromatic rings. The van der Waals surface area contributed by atoms with Crippen molar-refractivity contribution in [1.82, 2.24) is 14.4 Å². The number of nitrogens with zero attached hydrogens (tertiary/aromatic N) is 3. The molecular formula is C16H23F2N3O. The first kappa shape index (κ1) is 15.5. The van der Waals surface area contributed by atoms with Crippen LogP contribution in [-0.4, -0.2) is 58.9 Å². The molecule has 3 rings (SSSR count). The van der Waals surface area contributed by atoms with Crippen LogP contribution in [0.4, 0.5) is 8.78 Å². The van der Waals surface area contributed by atoms with Crippen LogP contribution in [-0.2, 0) is 13.0 Å². The Labute approximate surface area is 129 Å². The van der Waals surface area contributed by atoms with Gasteiger partial charge in [0.2, 0.25) is 0 Å². The minimum absolute atomic E-state index is 0.0542. The minimum atomic E-state index is -2.67. The molecule has 0 spiro atoms. The van der Waals surface area contributed by atoms with Crippen LogP contribution in [0.15, 0.2) is 12.3 Å². The number of aryl methyl sites for hydroxylation is 1. The number of hydrogen-bond donors (Lipinski definition) is 0. The Balaban J connectivity index is 1.62. The molecule has 0 aliphatic carbocycles. The van der Waals surface area contributed by atoms with E-state index in [2.05, 4.69) is 4.57 Å². The molecule has 3 heterocycles. The third-order valence-electron chi connectivity index (χ3n) is 4.53. The van der Waals surface area contributed by atoms with Crippen LogP contribution < -0.4 is 0 Å². The fraction of sp³-hybridized carbons (Fsp3) is 0.688. The first-order valence-corrected chi connectivity index (χ1v) is 8.01. The van der Waals surface area contributed by atoms with Crippen LogP contribution in [0.25, 0.3) is 0 Å². The van der Waals surface area contributed by atoms with E-state index in [1.807, 2.05) is 12.3 Å². The molecule has 0 saturated carbocycles. The van der Waals surface area contributed by atoms with Crippen molar-refractivity contribution in [3.63, 3.8) is 0 Å². The summed E-state index contributed by atoms with van der Waals surface area (Å²) >= 11 is 0. The Morgan fingerprint density at radius 3 is 2.59 bits per heavy atom. The van der Waals surface area contributed by atoms with Gasteiger partial charge in [0, 0.05) is 51.5 Å². The Hall–Kier alpha value is -1.43. The number of hydrogen-bond acceptors (Lipinski definition) is 2. The van der Waals surface area contributed by atoms with Crippen molar-refractivity contribution in [2.75, 3.05) is 32.7 Å². The summed E-state index contributed by atoms with van der Waals surface area (Å²) in [4.78, 5) is 16.2. The van der Waals surface area contributed by atoms with E-state index in [1.54, 1.807) is 9.80 Å². The predicted octanol–water partition coefficient (Wildman–Crippen LogP) is 2.24. The summed E-state index contributed by atoms with van der Waals surface area (Å²) in [5.41, 5.74) is 1.94. The summed E-state index contributed by atoms with van der Waals surface area (Å²) in [5, 5.41) is 0. The van der Waals surface area contributed by atoms with E-state index >= 15 is 0 Å². The number of aromatic nitrogens is 1. The van der Waals surface area contributed by atoms with Crippen molar-refractivity contribution < 1.29 is 13.6 Å². The topological polar surface area (TPSA) is 28.5 Å². The molecule has 0 aromatic carbocycles. The van der Waals surface area contributed by atoms with Gasteiger partial charge in [-0.3, -0.25) is 9.69 Å². The molecule has 1 fully saturated rings. The van der Waals surface area contributed by atoms with Gasteiger partial charge in [0.15, 0.2) is 0 Å². The predicted molar refractivity (Wildman–Crippen MR) is 80.3 cm³/mol. The monoisotopic (exact) mass is 311 g/mol. The minimum Gasteiger partial charge on any atom is -0.351 e. The van der Waals surface area contributed by atoms with Crippen LogP contribution in [0, 0.1) is 0 Å². The number of carbonyl (C=O) groups excluding carboxylic acids is 1. The lowest BCUT2D eigenvalue weighted by Crippen LogP contribution is -2.51. The van der Waals surface area contributed by atoms with Crippen LogP contribution in [0.3, 0.4) is 0 Å². The number of fused-ring (bicyclic) bond motifs is 1. The molecule has 6 heteroatoms. The number of alkyl halides is 2. The van der Waals surface area contributed by atoms with Gasteiger partial charge >= 0.3 is 0 Å². The Morgan fingerprint density at radius 1 is 1.18 bits per heavy atom. The zero-order valence-corrected chi connectivity index (χ0v) is 13.0. The molecule has 4 nitrogen and oxygen atoms in total. The molecular weight excluding hydrogens is 288 g/mol. The molecule has 0 atom stereocenters. The molecule has 1 amide bonds. The summed E-state index contributed by atoms with van der Waals surface area (Å²) in [6, 6.07) is 1.91. The molecule has 0 bridgehead atoms. The van der Waals surface area contributed by atoms with E-state index in [9.17, 15) is 13.6 Å². The quantitative estimate of drug-likeness (QED) is 0.856. The van der Waals surface area contributed by atoms with E-state index in [4.69, 9.17) is 0 Å². The van der Waals surface area contributed by atoms with Gasteiger partial charge in [-0.2, -0.15) is 0 Å². The van der Waals surface area contributed by atoms with Crippen molar-refractivity contribution in [2.45, 2.75) is 38.7 Å². The maximum atomic E-state index is 13.0. The maximum Gasteiger partial charge on any atom is 0.257 e. The Bertz CT molecular complexity index is 542. The number of carbonyl (C=O) groups is 1. The lowest BCUT2D eigenvalue weighted by molar-refractivity contribution is -0.0240. The van der Waals surface area contributed by atoms with E-state index in [1.165, 1.54) is 6.42 Å². The van der Waals surface area contributed by atoms with Crippen molar-refractivity contribution in [3.05, 3.63) is 23.5 Å². The Kier molecular flexibility index (Phi) is 4.21. The van der Waals surface area contributed by atoms with E-state index in [0.29, 0.717) is 26.2 Å². The summed E-state index contributed by atoms with van der Waals surface area (Å²) in [6.45, 7) is 3.80. The van der Waals surface area contributed by atoms with Crippen LogP contribution in [0.1, 0.15) is 35.8 Å². The second-order valence-corrected chi connectivity index (χ2v) is 6.47. The maximum absolute atomic E-state index is 13.0. The van der Waals surface area contributed by atoms with Gasteiger partial charge in [-0.15, -0.1) is 0 Å². The molecule has 2 aliphatic heterocycles. The van der Waals surface area contributed by atoms with Gasteiger partial charge in [0.1, 0.15) is 0 Å². The highest BCUT2D eigenvalue weighted by molar-refractivity contribution is 5.95. The normalized spacial score (nSPS) is 20.0. The molecule has 1 saturated heterocycles. The van der Waals surface area contributed by atoms with Gasteiger partial charge in [0.05, 0.1) is 12.1 Å². The molecule has 0 radical (unpaired) electrons. The molecule has 0 N–H and O–H groups in total. The first-order chi connectivity index (χ1) is 10.4. The van der Waals surface area contributed by atoms with Crippen molar-refractivity contribution in [1.29, 1.82) is 0 Å². The van der Waals surface area contributed by atoms with Gasteiger partial charge in [-0.1, -0.05) is 0 Å². The molecule has 1 aromatic heterocycles. The zero-order chi connectivity index (χ0) is 15.7. The number of piperazine rings is 1. The summed E-state index contributed by atoms with van der Waals surface area (Å²) in [7, 11) is 0. The van der Waals surface area contributed by atoms with E-state index in [-0.39, 0.29) is 12.5 Å². The summed E-state index contributed by atoms with van der Waals surface area (Å²) < 4.78 is 28.3. The van der Waals surface area contributed by atoms with Crippen LogP contribution in [0.5, 0.6) is 0 Å². The number of amides is 1.